The maximum atomic E-state index is 11.9. The Hall–Kier alpha value is -5.87. The second-order valence-electron chi connectivity index (χ2n) is 21.8. The Kier molecular flexibility index (Phi) is 29.9. The molecule has 16 nitrogen and oxygen atoms in total. The number of nitrogens with zero attached hydrogens (tertiary/aromatic N) is 4. The quantitative estimate of drug-likeness (QED) is 0.0367. The zero-order chi connectivity index (χ0) is 64.6. The molecule has 3 aliphatic heterocycles. The van der Waals surface area contributed by atoms with Crippen molar-refractivity contribution in [2.24, 2.45) is 11.7 Å². The van der Waals surface area contributed by atoms with Gasteiger partial charge in [0.1, 0.15) is 0 Å². The molecule has 0 bridgehead atoms. The van der Waals surface area contributed by atoms with Crippen molar-refractivity contribution in [1.29, 1.82) is 0 Å². The van der Waals surface area contributed by atoms with Crippen LogP contribution in [-0.4, -0.2) is 139 Å². The van der Waals surface area contributed by atoms with Crippen LogP contribution in [0.4, 0.5) is 0 Å². The molecule has 0 amide bonds. The van der Waals surface area contributed by atoms with Crippen molar-refractivity contribution in [3.63, 3.8) is 0 Å². The van der Waals surface area contributed by atoms with Crippen LogP contribution in [0.25, 0.3) is 6.08 Å². The lowest BCUT2D eigenvalue weighted by atomic mass is 9.98. The van der Waals surface area contributed by atoms with E-state index in [4.69, 9.17) is 23.1 Å². The number of hydrogen-bond acceptors (Lipinski definition) is 20. The molecule has 8 aromatic heterocycles. The van der Waals surface area contributed by atoms with Crippen LogP contribution in [0.2, 0.25) is 0 Å². The normalized spacial score (nSPS) is 16.9. The molecule has 4 unspecified atom stereocenters. The van der Waals surface area contributed by atoms with Gasteiger partial charge in [0.05, 0.1) is 70.4 Å². The van der Waals surface area contributed by atoms with Crippen LogP contribution in [0.3, 0.4) is 0 Å². The predicted octanol–water partition coefficient (Wildman–Crippen LogP) is 11.8. The number of hydrogen-bond donors (Lipinski definition) is 6. The molecule has 0 aliphatic carbocycles. The molecule has 4 atom stereocenters. The van der Waals surface area contributed by atoms with Crippen molar-refractivity contribution in [2.45, 2.75) is 105 Å². The number of nitrogens with one attached hydrogen (secondary N) is 1. The first-order valence-electron chi connectivity index (χ1n) is 29.1. The second-order valence-corrected chi connectivity index (χ2v) is 30.1. The number of aliphatic hydroxyl groups is 3. The van der Waals surface area contributed by atoms with E-state index in [0.29, 0.717) is 26.2 Å². The molecule has 89 heavy (non-hydrogen) atoms. The van der Waals surface area contributed by atoms with Crippen LogP contribution in [0.1, 0.15) is 109 Å². The van der Waals surface area contributed by atoms with Gasteiger partial charge < -0.3 is 40.6 Å². The van der Waals surface area contributed by atoms with Gasteiger partial charge in [-0.2, -0.15) is 0 Å². The van der Waals surface area contributed by atoms with Crippen LogP contribution in [0.15, 0.2) is 133 Å². The van der Waals surface area contributed by atoms with Gasteiger partial charge in [-0.05, 0) is 171 Å². The number of aromatic nitrogens is 2. The predicted molar refractivity (Wildman–Crippen MR) is 367 cm³/mol. The van der Waals surface area contributed by atoms with E-state index in [0.717, 1.165) is 73.8 Å². The van der Waals surface area contributed by atoms with Gasteiger partial charge in [0.15, 0.2) is 28.6 Å². The number of nitrogens with two attached hydrogens (primary N) is 1. The maximum Gasteiger partial charge on any atom is 0.306 e. The molecule has 3 aliphatic rings. The third-order valence-electron chi connectivity index (χ3n) is 13.9. The Morgan fingerprint density at radius 1 is 0.562 bits per heavy atom. The number of carbonyl (C=O) groups is 5. The number of carbonyl (C=O) groups excluding carboxylic acids is 4. The zero-order valence-corrected chi connectivity index (χ0v) is 56.7. The van der Waals surface area contributed by atoms with Gasteiger partial charge in [-0.25, -0.2) is 0 Å². The third-order valence-corrected chi connectivity index (χ3v) is 20.5. The third kappa shape index (κ3) is 26.1. The molecule has 7 N–H and O–H groups in total. The van der Waals surface area contributed by atoms with E-state index in [1.54, 1.807) is 39.3 Å². The average Bonchev–Trinajstić information content (AvgIpc) is 3.39. The number of allylic oxidation sites excluding steroid dienone is 1. The van der Waals surface area contributed by atoms with E-state index in [2.05, 4.69) is 41.4 Å². The molecular formula is C66H80N6O10S7. The Bertz CT molecular complexity index is 3540. The number of carboxylic acid groups (broad SMARTS) is 1. The highest BCUT2D eigenvalue weighted by Gasteiger charge is 2.31. The summed E-state index contributed by atoms with van der Waals surface area (Å²) in [7, 11) is 0. The van der Waals surface area contributed by atoms with E-state index < -0.39 is 24.3 Å². The largest absolute Gasteiger partial charge is 0.481 e. The van der Waals surface area contributed by atoms with Crippen LogP contribution < -0.4 is 16.5 Å². The summed E-state index contributed by atoms with van der Waals surface area (Å²) in [5.74, 6) is 0.302. The SMILES string of the molecule is Cc1ccc(/C=C/C2CCNCC2)s1.Cc1ccc(C(=O)CN2CC(O)C(O)C2)s1.Cc1ccc(C(=O)CN2CCC(N)C2)s1.Cc1ccc(C(=O)Cn2ccc(=O)cc2)s1.Cc1ccc(C(=O)Cn2ccc(=S)cc2)s1.Cc1ccc(C(O)CC(=O)O)s1. The molecule has 0 radical (unpaired) electrons. The number of Topliss-reactive ketones (excluding diaryl/α,β-unsaturated/α-hetero) is 4. The number of carboxylic acids is 1. The van der Waals surface area contributed by atoms with Gasteiger partial charge in [-0.1, -0.05) is 18.3 Å². The first-order valence-corrected chi connectivity index (χ1v) is 34.4. The lowest BCUT2D eigenvalue weighted by Crippen LogP contribution is -2.30. The van der Waals surface area contributed by atoms with E-state index in [1.165, 1.54) is 98.0 Å². The smallest absolute Gasteiger partial charge is 0.306 e. The van der Waals surface area contributed by atoms with Crippen molar-refractivity contribution >= 4 is 115 Å². The number of β-amino-alcohol motifs (C(OH)–C–C–N with tert-alkyl or cyclic N) is 2. The summed E-state index contributed by atoms with van der Waals surface area (Å²) in [4.78, 5) is 84.8. The minimum atomic E-state index is -0.978. The number of thiophene rings is 6. The van der Waals surface area contributed by atoms with Gasteiger partial charge in [0.2, 0.25) is 0 Å². The number of aliphatic carboxylic acids is 1. The summed E-state index contributed by atoms with van der Waals surface area (Å²) in [6, 6.07) is 30.1. The molecule has 8 aromatic rings. The van der Waals surface area contributed by atoms with Gasteiger partial charge >= 0.3 is 5.97 Å². The highest BCUT2D eigenvalue weighted by atomic mass is 32.1. The fourth-order valence-electron chi connectivity index (χ4n) is 9.18. The minimum Gasteiger partial charge on any atom is -0.481 e. The Labute approximate surface area is 549 Å². The Morgan fingerprint density at radius 2 is 0.978 bits per heavy atom. The van der Waals surface area contributed by atoms with E-state index in [1.807, 2.05) is 130 Å². The first kappa shape index (κ1) is 72.2. The molecule has 0 saturated carbocycles. The number of likely N-dealkylation sites (tertiary alicyclic amines) is 2. The fourth-order valence-corrected chi connectivity index (χ4v) is 14.1. The summed E-state index contributed by atoms with van der Waals surface area (Å²) in [5, 5.41) is 39.8. The fraction of sp³-hybridized carbons (Fsp3) is 0.379. The molecule has 11 rings (SSSR count). The molecular weight excluding hydrogens is 1260 g/mol. The van der Waals surface area contributed by atoms with Gasteiger partial charge in [-0.15, -0.1) is 68.0 Å². The average molecular weight is 1340 g/mol. The standard InChI is InChI=1S/C12H11NO2S.C12H11NOS2.C12H17NS.C11H16N2OS.C11H15NO3S.C8H10O3S/c1-9-2-3-12(16-9)11(15)8-13-6-4-10(14)5-7-13;1-9-2-3-12(16-9)11(14)8-13-6-4-10(15)5-7-13;1-10-2-4-12(14-10)5-3-11-6-8-13-9-7-11;1-8-2-3-11(15-8)10(14)7-13-5-4-9(12)6-13;1-7-2-3-11(16-7)10(15)6-12-4-8(13)9(14)5-12;1-5-2-3-7(12-5)6(9)4-8(10)11/h2*2-7H,8H2,1H3;2-5,11,13H,6-9H2,1H3;2-3,9H,4-7,12H2,1H3;2-3,8-9,13-14H,4-6H2,1H3;2-3,6,9H,4H2,1H3,(H,10,11)/b;;5-3+;;;. The van der Waals surface area contributed by atoms with Crippen molar-refractivity contribution < 1.29 is 44.4 Å². The molecule has 476 valence electrons. The number of pyridine rings is 2. The van der Waals surface area contributed by atoms with Gasteiger partial charge in [0, 0.05) is 113 Å². The van der Waals surface area contributed by atoms with Crippen LogP contribution >= 0.6 is 80.2 Å². The molecule has 11 heterocycles. The number of piperidine rings is 1. The molecule has 0 spiro atoms. The monoisotopic (exact) mass is 1340 g/mol. The van der Waals surface area contributed by atoms with Gasteiger partial charge in [-0.3, -0.25) is 38.6 Å². The summed E-state index contributed by atoms with van der Waals surface area (Å²) in [5.41, 5.74) is 5.75. The van der Waals surface area contributed by atoms with Gasteiger partial charge in [0.25, 0.3) is 0 Å². The van der Waals surface area contributed by atoms with Crippen molar-refractivity contribution in [1.82, 2.24) is 24.3 Å². The molecule has 3 fully saturated rings. The first-order chi connectivity index (χ1) is 42.4. The molecule has 0 aromatic carbocycles. The van der Waals surface area contributed by atoms with Crippen molar-refractivity contribution in [3.8, 4) is 0 Å². The summed E-state index contributed by atoms with van der Waals surface area (Å²) in [6.07, 6.45) is 12.7. The molecule has 3 saturated heterocycles. The zero-order valence-electron chi connectivity index (χ0n) is 51.0. The lowest BCUT2D eigenvalue weighted by Gasteiger charge is -2.18. The number of ketones is 4. The van der Waals surface area contributed by atoms with Crippen LogP contribution in [-0.2, 0) is 17.9 Å². The van der Waals surface area contributed by atoms with Crippen LogP contribution in [0.5, 0.6) is 0 Å². The Morgan fingerprint density at radius 3 is 1.37 bits per heavy atom. The highest BCUT2D eigenvalue weighted by Crippen LogP contribution is 2.26. The van der Waals surface area contributed by atoms with E-state index >= 15 is 0 Å². The molecule has 23 heteroatoms. The second kappa shape index (κ2) is 36.8. The van der Waals surface area contributed by atoms with Crippen molar-refractivity contribution in [3.05, 3.63) is 201 Å². The Balaban J connectivity index is 0.000000171. The summed E-state index contributed by atoms with van der Waals surface area (Å²) in [6.45, 7) is 18.4. The number of aliphatic hydroxyl groups excluding tert-OH is 3. The van der Waals surface area contributed by atoms with Crippen LogP contribution in [0, 0.1) is 52.0 Å². The number of aryl methyl sites for hydroxylation is 6. The maximum absolute atomic E-state index is 11.9. The van der Waals surface area contributed by atoms with Crippen molar-refractivity contribution in [2.75, 3.05) is 52.4 Å². The van der Waals surface area contributed by atoms with E-state index in [-0.39, 0.29) is 54.1 Å². The summed E-state index contributed by atoms with van der Waals surface area (Å²) >= 11 is 14.4. The minimum absolute atomic E-state index is 0.0457. The summed E-state index contributed by atoms with van der Waals surface area (Å²) < 4.78 is 4.34. The highest BCUT2D eigenvalue weighted by molar-refractivity contribution is 7.71. The van der Waals surface area contributed by atoms with E-state index in [9.17, 15) is 44.1 Å². The number of rotatable bonds is 17. The lowest BCUT2D eigenvalue weighted by molar-refractivity contribution is -0.139. The topological polar surface area (TPSA) is 238 Å².